The summed E-state index contributed by atoms with van der Waals surface area (Å²) >= 11 is 0. The van der Waals surface area contributed by atoms with Crippen molar-refractivity contribution in [2.45, 2.75) is 33.8 Å². The predicted molar refractivity (Wildman–Crippen MR) is 48.0 cm³/mol. The molecular formula is C9H14N2O2. The summed E-state index contributed by atoms with van der Waals surface area (Å²) in [6.45, 7) is 7.29. The molecule has 1 heterocycles. The number of hydrogen-bond donors (Lipinski definition) is 1. The Morgan fingerprint density at radius 3 is 2.15 bits per heavy atom. The van der Waals surface area contributed by atoms with Crippen LogP contribution in [0.1, 0.15) is 27.7 Å². The standard InChI is InChI=1S/C9H14N2O2/c1-5(12)7-6(9(2,3)4)8(13)11-10-7/h5,12H,1-4H3. The van der Waals surface area contributed by atoms with Gasteiger partial charge >= 0.3 is 0 Å². The van der Waals surface area contributed by atoms with E-state index in [2.05, 4.69) is 10.2 Å². The van der Waals surface area contributed by atoms with Crippen molar-refractivity contribution in [3.8, 4) is 0 Å². The van der Waals surface area contributed by atoms with Gasteiger partial charge in [-0.2, -0.15) is 0 Å². The fourth-order valence-corrected chi connectivity index (χ4v) is 1.31. The van der Waals surface area contributed by atoms with Crippen molar-refractivity contribution in [1.82, 2.24) is 0 Å². The van der Waals surface area contributed by atoms with Crippen molar-refractivity contribution in [1.29, 1.82) is 0 Å². The Morgan fingerprint density at radius 1 is 1.31 bits per heavy atom. The zero-order valence-corrected chi connectivity index (χ0v) is 8.33. The summed E-state index contributed by atoms with van der Waals surface area (Å²) in [5, 5.41) is 16.4. The van der Waals surface area contributed by atoms with E-state index in [4.69, 9.17) is 0 Å². The number of aliphatic hydroxyl groups is 1. The van der Waals surface area contributed by atoms with Gasteiger partial charge in [0.2, 0.25) is 0 Å². The minimum Gasteiger partial charge on any atom is -0.387 e. The lowest BCUT2D eigenvalue weighted by Crippen LogP contribution is -2.18. The largest absolute Gasteiger partial charge is 0.387 e. The summed E-state index contributed by atoms with van der Waals surface area (Å²) in [5.74, 6) is -0.330. The normalized spacial score (nSPS) is 19.9. The molecule has 0 fully saturated rings. The minimum atomic E-state index is -0.732. The first-order valence-electron chi connectivity index (χ1n) is 4.23. The van der Waals surface area contributed by atoms with E-state index < -0.39 is 6.10 Å². The fourth-order valence-electron chi connectivity index (χ4n) is 1.31. The number of carbonyl (C=O) groups excluding carboxylic acids is 1. The monoisotopic (exact) mass is 182 g/mol. The molecule has 1 atom stereocenters. The number of rotatable bonds is 1. The maximum atomic E-state index is 11.3. The van der Waals surface area contributed by atoms with E-state index in [0.717, 1.165) is 0 Å². The quantitative estimate of drug-likeness (QED) is 0.670. The smallest absolute Gasteiger partial charge is 0.293 e. The average Bonchev–Trinajstić information content (AvgIpc) is 2.28. The van der Waals surface area contributed by atoms with Gasteiger partial charge in [-0.25, -0.2) is 0 Å². The molecule has 0 saturated heterocycles. The molecule has 1 N–H and O–H groups in total. The first-order valence-corrected chi connectivity index (χ1v) is 4.23. The third-order valence-corrected chi connectivity index (χ3v) is 1.86. The Balaban J connectivity index is 3.17. The van der Waals surface area contributed by atoms with Crippen LogP contribution in [0.5, 0.6) is 0 Å². The summed E-state index contributed by atoms with van der Waals surface area (Å²) in [7, 11) is 0. The van der Waals surface area contributed by atoms with Gasteiger partial charge in [0.05, 0.1) is 11.7 Å². The maximum absolute atomic E-state index is 11.3. The number of aliphatic hydroxyl groups excluding tert-OH is 1. The molecule has 13 heavy (non-hydrogen) atoms. The van der Waals surface area contributed by atoms with E-state index in [1.54, 1.807) is 6.92 Å². The number of nitrogens with zero attached hydrogens (tertiary/aromatic N) is 2. The Bertz CT molecular complexity index is 295. The van der Waals surface area contributed by atoms with Gasteiger partial charge in [-0.1, -0.05) is 20.8 Å². The molecule has 4 nitrogen and oxygen atoms in total. The summed E-state index contributed by atoms with van der Waals surface area (Å²) in [5.41, 5.74) is 0.604. The highest BCUT2D eigenvalue weighted by Crippen LogP contribution is 2.34. The van der Waals surface area contributed by atoms with Crippen molar-refractivity contribution in [2.24, 2.45) is 15.6 Å². The second-order valence-corrected chi connectivity index (χ2v) is 4.19. The Hall–Kier alpha value is -1.03. The zero-order valence-electron chi connectivity index (χ0n) is 8.33. The van der Waals surface area contributed by atoms with Crippen LogP contribution >= 0.6 is 0 Å². The molecule has 4 heteroatoms. The molecule has 1 amide bonds. The molecule has 0 bridgehead atoms. The molecule has 1 aliphatic heterocycles. The van der Waals surface area contributed by atoms with Gasteiger partial charge in [0.1, 0.15) is 5.70 Å². The summed E-state index contributed by atoms with van der Waals surface area (Å²) in [6.07, 6.45) is -0.732. The van der Waals surface area contributed by atoms with Crippen LogP contribution in [0, 0.1) is 5.41 Å². The molecular weight excluding hydrogens is 168 g/mol. The predicted octanol–water partition coefficient (Wildman–Crippen LogP) is 1.66. The Labute approximate surface area is 77.4 Å². The van der Waals surface area contributed by atoms with Crippen LogP contribution in [-0.4, -0.2) is 17.1 Å². The van der Waals surface area contributed by atoms with Gasteiger partial charge in [-0.05, 0) is 12.3 Å². The lowest BCUT2D eigenvalue weighted by molar-refractivity contribution is -0.115. The van der Waals surface area contributed by atoms with Crippen molar-refractivity contribution >= 4 is 5.91 Å². The second-order valence-electron chi connectivity index (χ2n) is 4.19. The maximum Gasteiger partial charge on any atom is 0.293 e. The number of hydrogen-bond acceptors (Lipinski definition) is 3. The first kappa shape index (κ1) is 10.1. The van der Waals surface area contributed by atoms with Crippen LogP contribution in [0.15, 0.2) is 21.5 Å². The van der Waals surface area contributed by atoms with Gasteiger partial charge in [-0.3, -0.25) is 4.79 Å². The van der Waals surface area contributed by atoms with Crippen molar-refractivity contribution < 1.29 is 9.90 Å². The minimum absolute atomic E-state index is 0.313. The molecule has 0 aliphatic carbocycles. The summed E-state index contributed by atoms with van der Waals surface area (Å²) in [4.78, 5) is 11.3. The van der Waals surface area contributed by atoms with Crippen LogP contribution in [0.2, 0.25) is 0 Å². The molecule has 0 spiro atoms. The number of carbonyl (C=O) groups is 1. The third kappa shape index (κ3) is 1.83. The Kier molecular flexibility index (Phi) is 2.34. The van der Waals surface area contributed by atoms with Crippen LogP contribution in [0.3, 0.4) is 0 Å². The lowest BCUT2D eigenvalue weighted by Gasteiger charge is -2.19. The average molecular weight is 182 g/mol. The zero-order chi connectivity index (χ0) is 10.2. The van der Waals surface area contributed by atoms with Gasteiger partial charge in [-0.15, -0.1) is 10.2 Å². The van der Waals surface area contributed by atoms with E-state index in [0.29, 0.717) is 11.3 Å². The molecule has 0 radical (unpaired) electrons. The van der Waals surface area contributed by atoms with Gasteiger partial charge in [0.25, 0.3) is 5.91 Å². The Morgan fingerprint density at radius 2 is 1.85 bits per heavy atom. The molecule has 1 aliphatic rings. The van der Waals surface area contributed by atoms with Crippen molar-refractivity contribution in [3.63, 3.8) is 0 Å². The highest BCUT2D eigenvalue weighted by atomic mass is 16.3. The van der Waals surface area contributed by atoms with E-state index in [1.807, 2.05) is 20.8 Å². The SMILES string of the molecule is CC(O)C1=C(C(C)(C)C)C(=O)N=N1. The highest BCUT2D eigenvalue weighted by molar-refractivity contribution is 5.97. The highest BCUT2D eigenvalue weighted by Gasteiger charge is 2.33. The molecule has 0 saturated carbocycles. The van der Waals surface area contributed by atoms with Crippen molar-refractivity contribution in [3.05, 3.63) is 11.3 Å². The van der Waals surface area contributed by atoms with E-state index >= 15 is 0 Å². The molecule has 72 valence electrons. The summed E-state index contributed by atoms with van der Waals surface area (Å²) < 4.78 is 0. The van der Waals surface area contributed by atoms with Crippen LogP contribution in [0.25, 0.3) is 0 Å². The third-order valence-electron chi connectivity index (χ3n) is 1.86. The van der Waals surface area contributed by atoms with E-state index in [9.17, 15) is 9.90 Å². The second kappa shape index (κ2) is 3.03. The van der Waals surface area contributed by atoms with E-state index in [-0.39, 0.29) is 11.3 Å². The van der Waals surface area contributed by atoms with Gasteiger partial charge in [0, 0.05) is 0 Å². The summed E-state index contributed by atoms with van der Waals surface area (Å²) in [6, 6.07) is 0. The van der Waals surface area contributed by atoms with Crippen LogP contribution in [-0.2, 0) is 4.79 Å². The van der Waals surface area contributed by atoms with Crippen LogP contribution < -0.4 is 0 Å². The van der Waals surface area contributed by atoms with Gasteiger partial charge < -0.3 is 5.11 Å². The molecule has 0 aromatic carbocycles. The number of azo groups is 1. The molecule has 1 rings (SSSR count). The number of amides is 1. The fraction of sp³-hybridized carbons (Fsp3) is 0.667. The topological polar surface area (TPSA) is 62.0 Å². The van der Waals surface area contributed by atoms with Crippen molar-refractivity contribution in [2.75, 3.05) is 0 Å². The molecule has 0 aromatic rings. The van der Waals surface area contributed by atoms with Gasteiger partial charge in [0.15, 0.2) is 0 Å². The lowest BCUT2D eigenvalue weighted by atomic mass is 9.84. The van der Waals surface area contributed by atoms with E-state index in [1.165, 1.54) is 0 Å². The molecule has 1 unspecified atom stereocenters. The van der Waals surface area contributed by atoms with Crippen LogP contribution in [0.4, 0.5) is 0 Å². The molecule has 0 aromatic heterocycles. The first-order chi connectivity index (χ1) is 5.84.